The summed E-state index contributed by atoms with van der Waals surface area (Å²) in [6, 6.07) is 55.4. The van der Waals surface area contributed by atoms with Crippen molar-refractivity contribution < 1.29 is 29.0 Å². The molecule has 6 aromatic carbocycles. The normalized spacial score (nSPS) is 14.1. The minimum atomic E-state index is -0.620. The number of Topliss-reactive ketones (excluding diaryl/α,β-unsaturated/α-hetero) is 3. The molecule has 8 nitrogen and oxygen atoms in total. The minimum Gasteiger partial charge on any atom is -0.508 e. The molecule has 0 atom stereocenters. The van der Waals surface area contributed by atoms with E-state index in [1.54, 1.807) is 13.0 Å². The first kappa shape index (κ1) is 86.7. The summed E-state index contributed by atoms with van der Waals surface area (Å²) in [5.41, 5.74) is 6.15. The fraction of sp³-hybridized carbons (Fsp3) is 0.552. The third-order valence-corrected chi connectivity index (χ3v) is 17.7. The van der Waals surface area contributed by atoms with Gasteiger partial charge in [0.1, 0.15) is 40.0 Å². The Bertz CT molecular complexity index is 3090. The molecular formula is C87H134N2O6. The number of aryl methyl sites for hydroxylation is 3. The predicted molar refractivity (Wildman–Crippen MR) is 409 cm³/mol. The molecule has 0 aromatic heterocycles. The Kier molecular flexibility index (Phi) is 36.3. The first-order chi connectivity index (χ1) is 43.4. The highest BCUT2D eigenvalue weighted by Gasteiger charge is 2.40. The average Bonchev–Trinajstić information content (AvgIpc) is 0.799. The van der Waals surface area contributed by atoms with E-state index in [1.165, 1.54) is 54.6 Å². The average molecular weight is 1300 g/mol. The second kappa shape index (κ2) is 39.8. The first-order valence-corrected chi connectivity index (χ1v) is 34.9. The van der Waals surface area contributed by atoms with E-state index in [2.05, 4.69) is 199 Å². The van der Waals surface area contributed by atoms with Crippen molar-refractivity contribution >= 4 is 17.3 Å². The molecule has 0 amide bonds. The summed E-state index contributed by atoms with van der Waals surface area (Å²) >= 11 is 0. The van der Waals surface area contributed by atoms with E-state index < -0.39 is 11.1 Å². The molecule has 0 unspecified atom stereocenters. The van der Waals surface area contributed by atoms with E-state index in [0.29, 0.717) is 29.8 Å². The molecule has 0 spiro atoms. The number of likely N-dealkylation sites (tertiary alicyclic amines) is 1. The van der Waals surface area contributed by atoms with E-state index in [4.69, 9.17) is 9.47 Å². The third kappa shape index (κ3) is 33.4. The summed E-state index contributed by atoms with van der Waals surface area (Å²) < 4.78 is 12.4. The number of nitrogens with zero attached hydrogens (tertiary/aromatic N) is 1. The fourth-order valence-corrected chi connectivity index (χ4v) is 10.9. The molecule has 528 valence electrons. The summed E-state index contributed by atoms with van der Waals surface area (Å²) in [7, 11) is 0. The van der Waals surface area contributed by atoms with Crippen LogP contribution in [0.1, 0.15) is 245 Å². The van der Waals surface area contributed by atoms with Gasteiger partial charge in [-0.1, -0.05) is 262 Å². The van der Waals surface area contributed by atoms with Gasteiger partial charge in [-0.15, -0.1) is 0 Å². The molecule has 8 rings (SSSR count). The van der Waals surface area contributed by atoms with Gasteiger partial charge in [0.25, 0.3) is 0 Å². The van der Waals surface area contributed by atoms with Crippen LogP contribution in [0.25, 0.3) is 0 Å². The Balaban J connectivity index is 0.000000651. The zero-order chi connectivity index (χ0) is 71.4. The Hall–Kier alpha value is -6.35. The Morgan fingerprint density at radius 3 is 1.36 bits per heavy atom. The lowest BCUT2D eigenvalue weighted by Crippen LogP contribution is -2.54. The van der Waals surface area contributed by atoms with Gasteiger partial charge in [0.2, 0.25) is 0 Å². The number of carbonyl (C=O) groups is 3. The molecule has 8 heteroatoms. The van der Waals surface area contributed by atoms with Crippen molar-refractivity contribution in [2.24, 2.45) is 28.1 Å². The molecule has 95 heavy (non-hydrogen) atoms. The maximum absolute atomic E-state index is 13.7. The number of ketones is 3. The van der Waals surface area contributed by atoms with E-state index in [0.717, 1.165) is 66.8 Å². The second-order valence-corrected chi connectivity index (χ2v) is 32.6. The maximum atomic E-state index is 13.7. The number of piperidine rings is 2. The van der Waals surface area contributed by atoms with Crippen LogP contribution >= 0.6 is 0 Å². The lowest BCUT2D eigenvalue weighted by molar-refractivity contribution is -0.134. The standard InChI is InChI=1S/C36H47NO2.C11H16O.C10H14O.C9H19N.C7H14O.C7H8.C6H12O.CH4/c1-34(2,39-32-20-14-13-19-31(32)35(3,4)30-17-11-8-12-18-30)27-33(38)36(5,6)37-25-23-29(24-26-37)22-21-28-15-9-7-10-16-28;1-9-7-5-6-8-10(9)12-11(2,3)4;1-10(2,3)8-6-4-5-7-9(8)11;1-9(2,3)8-4-6-10-7-5-8;1-5-6(8)7(2,3)4;1-7-5-3-2-4-6-7;1-5(7)6(2,3)4;/h7-20,29H,21-27H2,1-6H3;5-8H,1-4H3;4-7,11H,1-3H3;8,10H,4-7H2,1-3H3;5H2,1-4H3;2-6H,1H3;1-4H3;1H4. The molecule has 0 bridgehead atoms. The van der Waals surface area contributed by atoms with Crippen LogP contribution in [0.2, 0.25) is 0 Å². The number of phenols is 1. The fourth-order valence-electron chi connectivity index (χ4n) is 10.9. The monoisotopic (exact) mass is 1300 g/mol. The predicted octanol–water partition coefficient (Wildman–Crippen LogP) is 22.4. The van der Waals surface area contributed by atoms with E-state index in [1.807, 2.05) is 135 Å². The van der Waals surface area contributed by atoms with Gasteiger partial charge in [-0.25, -0.2) is 0 Å². The smallest absolute Gasteiger partial charge is 0.156 e. The minimum absolute atomic E-state index is 0. The van der Waals surface area contributed by atoms with Crippen LogP contribution in [0.4, 0.5) is 0 Å². The van der Waals surface area contributed by atoms with Crippen molar-refractivity contribution in [2.45, 2.75) is 259 Å². The van der Waals surface area contributed by atoms with E-state index in [9.17, 15) is 19.5 Å². The van der Waals surface area contributed by atoms with Crippen LogP contribution in [0, 0.1) is 41.9 Å². The van der Waals surface area contributed by atoms with Crippen LogP contribution in [-0.4, -0.2) is 70.3 Å². The molecule has 2 fully saturated rings. The number of phenolic OH excluding ortho intramolecular Hbond substituents is 1. The van der Waals surface area contributed by atoms with Crippen molar-refractivity contribution in [2.75, 3.05) is 26.2 Å². The van der Waals surface area contributed by atoms with Gasteiger partial charge < -0.3 is 19.9 Å². The van der Waals surface area contributed by atoms with Crippen LogP contribution in [0.3, 0.4) is 0 Å². The highest BCUT2D eigenvalue weighted by Crippen LogP contribution is 2.40. The highest BCUT2D eigenvalue weighted by molar-refractivity contribution is 5.88. The topological polar surface area (TPSA) is 105 Å². The zero-order valence-corrected chi connectivity index (χ0v) is 63.7. The van der Waals surface area contributed by atoms with Gasteiger partial charge in [-0.2, -0.15) is 0 Å². The van der Waals surface area contributed by atoms with Gasteiger partial charge in [0.05, 0.1) is 5.54 Å². The molecule has 2 aliphatic heterocycles. The number of benzene rings is 6. The quantitative estimate of drug-likeness (QED) is 0.118. The summed E-state index contributed by atoms with van der Waals surface area (Å²) in [4.78, 5) is 37.4. The molecule has 2 aliphatic rings. The lowest BCUT2D eigenvalue weighted by atomic mass is 9.76. The number of nitrogens with one attached hydrogen (secondary N) is 1. The van der Waals surface area contributed by atoms with Gasteiger partial charge in [-0.05, 0) is 197 Å². The van der Waals surface area contributed by atoms with Crippen molar-refractivity contribution in [1.29, 1.82) is 0 Å². The van der Waals surface area contributed by atoms with Crippen molar-refractivity contribution in [1.82, 2.24) is 10.2 Å². The maximum Gasteiger partial charge on any atom is 0.156 e. The second-order valence-electron chi connectivity index (χ2n) is 32.6. The van der Waals surface area contributed by atoms with Crippen LogP contribution in [0.15, 0.2) is 164 Å². The first-order valence-electron chi connectivity index (χ1n) is 34.9. The molecular weight excluding hydrogens is 1170 g/mol. The third-order valence-electron chi connectivity index (χ3n) is 17.7. The number of para-hydroxylation sites is 3. The molecule has 0 aliphatic carbocycles. The zero-order valence-electron chi connectivity index (χ0n) is 63.7. The summed E-state index contributed by atoms with van der Waals surface area (Å²) in [5.74, 6) is 4.71. The largest absolute Gasteiger partial charge is 0.508 e. The van der Waals surface area contributed by atoms with Crippen molar-refractivity contribution in [3.05, 3.63) is 197 Å². The Labute approximate surface area is 581 Å². The summed E-state index contributed by atoms with van der Waals surface area (Å²) in [6.45, 7) is 55.8. The Morgan fingerprint density at radius 1 is 0.526 bits per heavy atom. The van der Waals surface area contributed by atoms with Crippen LogP contribution < -0.4 is 14.8 Å². The molecule has 0 radical (unpaired) electrons. The molecule has 2 saturated heterocycles. The number of rotatable bonds is 13. The van der Waals surface area contributed by atoms with Gasteiger partial charge in [0, 0.05) is 34.7 Å². The number of aromatic hydroxyl groups is 1. The number of hydrogen-bond acceptors (Lipinski definition) is 8. The number of carbonyl (C=O) groups excluding carboxylic acids is 3. The molecule has 6 aromatic rings. The van der Waals surface area contributed by atoms with E-state index in [-0.39, 0.29) is 46.3 Å². The lowest BCUT2D eigenvalue weighted by Gasteiger charge is -2.43. The van der Waals surface area contributed by atoms with Gasteiger partial charge in [-0.3, -0.25) is 19.3 Å². The summed E-state index contributed by atoms with van der Waals surface area (Å²) in [5, 5.41) is 12.8. The molecule has 2 N–H and O–H groups in total. The number of ether oxygens (including phenoxy) is 2. The van der Waals surface area contributed by atoms with Crippen molar-refractivity contribution in [3.8, 4) is 17.2 Å². The molecule has 0 saturated carbocycles. The number of hydrogen-bond donors (Lipinski definition) is 2. The SMILES string of the molecule is C.CC(=O)C(C)(C)C.CC(C)(C)C1CCNCC1.CC(C)(C)c1ccccc1O.CC(C)(CC(=O)C(C)(C)N1CCC(CCc2ccccc2)CC1)Oc1ccccc1C(C)(C)c1ccccc1.CCC(=O)C(C)(C)C.Cc1ccccc1.Cc1ccccc1OC(C)(C)C. The van der Waals surface area contributed by atoms with Crippen molar-refractivity contribution in [3.63, 3.8) is 0 Å². The molecule has 2 heterocycles. The highest BCUT2D eigenvalue weighted by atomic mass is 16.5. The van der Waals surface area contributed by atoms with Gasteiger partial charge in [0.15, 0.2) is 5.78 Å². The summed E-state index contributed by atoms with van der Waals surface area (Å²) in [6.07, 6.45) is 8.44. The van der Waals surface area contributed by atoms with Gasteiger partial charge >= 0.3 is 0 Å². The van der Waals surface area contributed by atoms with Crippen LogP contribution in [-0.2, 0) is 31.6 Å². The Morgan fingerprint density at radius 2 is 0.968 bits per heavy atom. The van der Waals surface area contributed by atoms with E-state index >= 15 is 0 Å². The van der Waals surface area contributed by atoms with Crippen LogP contribution in [0.5, 0.6) is 17.2 Å².